The minimum Gasteiger partial charge on any atom is -0.379 e. The summed E-state index contributed by atoms with van der Waals surface area (Å²) in [5.41, 5.74) is 0. The zero-order chi connectivity index (χ0) is 7.56. The summed E-state index contributed by atoms with van der Waals surface area (Å²) in [6.45, 7) is 0.647. The second-order valence-corrected chi connectivity index (χ2v) is 3.33. The zero-order valence-corrected chi connectivity index (χ0v) is 6.23. The maximum Gasteiger partial charge on any atom is 0.154 e. The lowest BCUT2D eigenvalue weighted by Crippen LogP contribution is -2.39. The van der Waals surface area contributed by atoms with Crippen LogP contribution in [0.1, 0.15) is 6.42 Å². The Morgan fingerprint density at radius 3 is 2.80 bits per heavy atom. The van der Waals surface area contributed by atoms with Gasteiger partial charge in [0.2, 0.25) is 0 Å². The molecule has 0 aromatic rings. The van der Waals surface area contributed by atoms with Gasteiger partial charge >= 0.3 is 0 Å². The van der Waals surface area contributed by atoms with Crippen molar-refractivity contribution >= 4 is 16.8 Å². The molecule has 2 N–H and O–H groups in total. The third-order valence-electron chi connectivity index (χ3n) is 1.40. The monoisotopic (exact) mass is 163 g/mol. The Morgan fingerprint density at radius 1 is 1.70 bits per heavy atom. The van der Waals surface area contributed by atoms with E-state index in [0.717, 1.165) is 0 Å². The van der Waals surface area contributed by atoms with Crippen molar-refractivity contribution in [2.45, 2.75) is 11.7 Å². The molecule has 2 atom stereocenters. The lowest BCUT2D eigenvalue weighted by Gasteiger charge is -2.17. The molecule has 58 valence electrons. The summed E-state index contributed by atoms with van der Waals surface area (Å²) in [5.74, 6) is -0.0490. The molecule has 1 aliphatic rings. The minimum atomic E-state index is -1.56. The summed E-state index contributed by atoms with van der Waals surface area (Å²) in [4.78, 5) is 10.9. The van der Waals surface area contributed by atoms with Gasteiger partial charge in [0.25, 0.3) is 0 Å². The van der Waals surface area contributed by atoms with Crippen LogP contribution in [-0.2, 0) is 20.5 Å². The number of hydrogen-bond donors (Lipinski definition) is 1. The van der Waals surface area contributed by atoms with Gasteiger partial charge in [-0.2, -0.15) is 0 Å². The standard InChI is InChI=1S/C5H9NO3S/c6-10(8)5-3-9-2-1-4(5)7/h5H,1-3,6H2. The van der Waals surface area contributed by atoms with Gasteiger partial charge in [-0.3, -0.25) is 9.93 Å². The Kier molecular flexibility index (Phi) is 2.53. The Balaban J connectivity index is 2.56. The molecule has 0 radical (unpaired) electrons. The van der Waals surface area contributed by atoms with Crippen molar-refractivity contribution < 1.29 is 13.7 Å². The van der Waals surface area contributed by atoms with E-state index in [4.69, 9.17) is 9.88 Å². The highest BCUT2D eigenvalue weighted by molar-refractivity contribution is 7.84. The fourth-order valence-electron chi connectivity index (χ4n) is 0.814. The van der Waals surface area contributed by atoms with Gasteiger partial charge in [-0.25, -0.2) is 4.21 Å². The predicted octanol–water partition coefficient (Wildman–Crippen LogP) is -1.03. The van der Waals surface area contributed by atoms with E-state index in [1.807, 2.05) is 0 Å². The van der Waals surface area contributed by atoms with Gasteiger partial charge in [0, 0.05) is 6.42 Å². The lowest BCUT2D eigenvalue weighted by atomic mass is 10.2. The van der Waals surface area contributed by atoms with Crippen LogP contribution in [0.3, 0.4) is 0 Å². The third kappa shape index (κ3) is 1.62. The predicted molar refractivity (Wildman–Crippen MR) is 36.6 cm³/mol. The number of ketones is 1. The Hall–Kier alpha value is -0.260. The van der Waals surface area contributed by atoms with E-state index in [2.05, 4.69) is 0 Å². The van der Waals surface area contributed by atoms with Crippen LogP contribution in [0.25, 0.3) is 0 Å². The van der Waals surface area contributed by atoms with E-state index in [1.54, 1.807) is 0 Å². The first-order valence-corrected chi connectivity index (χ1v) is 4.25. The number of carbonyl (C=O) groups excluding carboxylic acids is 1. The molecular formula is C5H9NO3S. The van der Waals surface area contributed by atoms with Crippen LogP contribution in [0.4, 0.5) is 0 Å². The highest BCUT2D eigenvalue weighted by Gasteiger charge is 2.26. The fraction of sp³-hybridized carbons (Fsp3) is 0.800. The van der Waals surface area contributed by atoms with Crippen molar-refractivity contribution in [1.82, 2.24) is 0 Å². The average molecular weight is 163 g/mol. The quantitative estimate of drug-likeness (QED) is 0.537. The van der Waals surface area contributed by atoms with Crippen LogP contribution >= 0.6 is 0 Å². The molecule has 0 saturated carbocycles. The first kappa shape index (κ1) is 7.84. The molecule has 1 heterocycles. The zero-order valence-electron chi connectivity index (χ0n) is 5.41. The second-order valence-electron chi connectivity index (χ2n) is 2.11. The summed E-state index contributed by atoms with van der Waals surface area (Å²) in [6, 6.07) is 0. The molecule has 1 saturated heterocycles. The van der Waals surface area contributed by atoms with E-state index in [9.17, 15) is 9.00 Å². The number of rotatable bonds is 1. The van der Waals surface area contributed by atoms with Crippen molar-refractivity contribution in [3.05, 3.63) is 0 Å². The van der Waals surface area contributed by atoms with Crippen LogP contribution in [0.2, 0.25) is 0 Å². The summed E-state index contributed by atoms with van der Waals surface area (Å²) < 4.78 is 15.5. The molecule has 0 aliphatic carbocycles. The number of ether oxygens (including phenoxy) is 1. The van der Waals surface area contributed by atoms with E-state index in [1.165, 1.54) is 0 Å². The summed E-state index contributed by atoms with van der Waals surface area (Å²) in [5, 5.41) is 4.44. The molecule has 5 heteroatoms. The van der Waals surface area contributed by atoms with Crippen molar-refractivity contribution in [3.63, 3.8) is 0 Å². The maximum absolute atomic E-state index is 10.9. The molecule has 0 aromatic heterocycles. The van der Waals surface area contributed by atoms with Crippen molar-refractivity contribution in [3.8, 4) is 0 Å². The SMILES string of the molecule is NS(=O)C1COCCC1=O. The highest BCUT2D eigenvalue weighted by atomic mass is 32.2. The molecule has 4 nitrogen and oxygen atoms in total. The van der Waals surface area contributed by atoms with Gasteiger partial charge in [-0.1, -0.05) is 0 Å². The average Bonchev–Trinajstić information content (AvgIpc) is 1.88. The van der Waals surface area contributed by atoms with Gasteiger partial charge in [-0.15, -0.1) is 0 Å². The molecule has 2 unspecified atom stereocenters. The largest absolute Gasteiger partial charge is 0.379 e. The lowest BCUT2D eigenvalue weighted by molar-refractivity contribution is -0.123. The first-order valence-electron chi connectivity index (χ1n) is 2.97. The second kappa shape index (κ2) is 3.23. The highest BCUT2D eigenvalue weighted by Crippen LogP contribution is 2.05. The van der Waals surface area contributed by atoms with E-state index in [-0.39, 0.29) is 12.4 Å². The van der Waals surface area contributed by atoms with Gasteiger partial charge < -0.3 is 4.74 Å². The normalized spacial score (nSPS) is 30.1. The molecule has 0 bridgehead atoms. The molecule has 1 rings (SSSR count). The first-order chi connectivity index (χ1) is 4.72. The topological polar surface area (TPSA) is 69.4 Å². The van der Waals surface area contributed by atoms with Crippen LogP contribution < -0.4 is 5.14 Å². The fourth-order valence-corrected chi connectivity index (χ4v) is 1.42. The number of nitrogens with two attached hydrogens (primary N) is 1. The summed E-state index contributed by atoms with van der Waals surface area (Å²) in [7, 11) is -1.56. The molecule has 1 aliphatic heterocycles. The molecule has 0 amide bonds. The molecule has 10 heavy (non-hydrogen) atoms. The van der Waals surface area contributed by atoms with Gasteiger partial charge in [-0.05, 0) is 0 Å². The van der Waals surface area contributed by atoms with Crippen molar-refractivity contribution in [1.29, 1.82) is 0 Å². The van der Waals surface area contributed by atoms with Crippen LogP contribution in [0, 0.1) is 0 Å². The van der Waals surface area contributed by atoms with Crippen LogP contribution in [0.5, 0.6) is 0 Å². The maximum atomic E-state index is 10.9. The Morgan fingerprint density at radius 2 is 2.40 bits per heavy atom. The smallest absolute Gasteiger partial charge is 0.154 e. The summed E-state index contributed by atoms with van der Waals surface area (Å²) >= 11 is 0. The van der Waals surface area contributed by atoms with E-state index < -0.39 is 16.2 Å². The Bertz CT molecular complexity index is 170. The van der Waals surface area contributed by atoms with Crippen LogP contribution in [-0.4, -0.2) is 28.5 Å². The van der Waals surface area contributed by atoms with Crippen molar-refractivity contribution in [2.75, 3.05) is 13.2 Å². The number of hydrogen-bond acceptors (Lipinski definition) is 3. The molecule has 0 spiro atoms. The minimum absolute atomic E-state index is 0.0490. The molecule has 1 fully saturated rings. The molecule has 0 aromatic carbocycles. The Labute approximate surface area is 61.3 Å². The molecular weight excluding hydrogens is 154 g/mol. The van der Waals surface area contributed by atoms with Gasteiger partial charge in [0.15, 0.2) is 5.78 Å². The van der Waals surface area contributed by atoms with Crippen LogP contribution in [0.15, 0.2) is 0 Å². The van der Waals surface area contributed by atoms with Gasteiger partial charge in [0.05, 0.1) is 13.2 Å². The number of Topliss-reactive ketones (excluding diaryl/α,β-unsaturated/α-hetero) is 1. The van der Waals surface area contributed by atoms with E-state index >= 15 is 0 Å². The van der Waals surface area contributed by atoms with Crippen molar-refractivity contribution in [2.24, 2.45) is 5.14 Å². The van der Waals surface area contributed by atoms with E-state index in [0.29, 0.717) is 13.0 Å². The van der Waals surface area contributed by atoms with Gasteiger partial charge in [0.1, 0.15) is 16.2 Å². The number of carbonyl (C=O) groups is 1. The third-order valence-corrected chi connectivity index (χ3v) is 2.36. The summed E-state index contributed by atoms with van der Waals surface area (Å²) in [6.07, 6.45) is 0.341.